The minimum Gasteiger partial charge on any atom is -0.376 e. The molecule has 1 aromatic heterocycles. The molecule has 3 atom stereocenters. The summed E-state index contributed by atoms with van der Waals surface area (Å²) >= 11 is 0. The van der Waals surface area contributed by atoms with Crippen LogP contribution in [0.1, 0.15) is 30.9 Å². The van der Waals surface area contributed by atoms with Crippen molar-refractivity contribution in [3.05, 3.63) is 30.1 Å². The number of pyridine rings is 1. The lowest BCUT2D eigenvalue weighted by Crippen LogP contribution is -2.35. The molecule has 2 fully saturated rings. The van der Waals surface area contributed by atoms with Gasteiger partial charge in [-0.1, -0.05) is 6.07 Å². The van der Waals surface area contributed by atoms with Crippen molar-refractivity contribution < 1.29 is 14.3 Å². The van der Waals surface area contributed by atoms with E-state index in [4.69, 9.17) is 9.47 Å². The van der Waals surface area contributed by atoms with Crippen LogP contribution < -0.4 is 5.32 Å². The minimum absolute atomic E-state index is 0.0486. The second kappa shape index (κ2) is 8.55. The van der Waals surface area contributed by atoms with E-state index in [0.717, 1.165) is 32.4 Å². The van der Waals surface area contributed by atoms with Gasteiger partial charge in [0.15, 0.2) is 0 Å². The maximum atomic E-state index is 12.0. The van der Waals surface area contributed by atoms with Crippen molar-refractivity contribution in [3.8, 4) is 0 Å². The number of carbonyl (C=O) groups excluding carboxylic acids is 1. The first-order chi connectivity index (χ1) is 11.7. The van der Waals surface area contributed by atoms with Crippen molar-refractivity contribution in [2.45, 2.75) is 31.4 Å². The van der Waals surface area contributed by atoms with Crippen molar-refractivity contribution in [2.75, 3.05) is 40.0 Å². The summed E-state index contributed by atoms with van der Waals surface area (Å²) in [4.78, 5) is 18.6. The highest BCUT2D eigenvalue weighted by Gasteiger charge is 2.33. The standard InChI is InChI=1S/C18H27N3O3/c1-21-8-6-15(18(21)14-4-2-7-19-10-14)11-20-17(22)13-23-12-16-5-3-9-24-16/h2,4,7,10,15-16,18H,3,5-6,8-9,11-13H2,1H3,(H,20,22)/t15-,16-,18-/m0/s1. The van der Waals surface area contributed by atoms with Gasteiger partial charge >= 0.3 is 0 Å². The van der Waals surface area contributed by atoms with Crippen LogP contribution in [0, 0.1) is 5.92 Å². The Morgan fingerprint density at radius 3 is 3.17 bits per heavy atom. The monoisotopic (exact) mass is 333 g/mol. The molecule has 0 aliphatic carbocycles. The SMILES string of the molecule is CN1CC[C@@H](CNC(=O)COC[C@@H]2CCCO2)[C@@H]1c1cccnc1. The number of hydrogen-bond acceptors (Lipinski definition) is 5. The Morgan fingerprint density at radius 1 is 1.50 bits per heavy atom. The van der Waals surface area contributed by atoms with Gasteiger partial charge in [0.05, 0.1) is 12.7 Å². The van der Waals surface area contributed by atoms with Crippen LogP contribution in [0.4, 0.5) is 0 Å². The summed E-state index contributed by atoms with van der Waals surface area (Å²) in [6.45, 7) is 3.14. The number of amides is 1. The maximum absolute atomic E-state index is 12.0. The summed E-state index contributed by atoms with van der Waals surface area (Å²) in [5.74, 6) is 0.355. The Bertz CT molecular complexity index is 520. The van der Waals surface area contributed by atoms with Gasteiger partial charge in [-0.05, 0) is 50.4 Å². The second-order valence-electron chi connectivity index (χ2n) is 6.71. The average molecular weight is 333 g/mol. The van der Waals surface area contributed by atoms with Crippen molar-refractivity contribution >= 4 is 5.91 Å². The molecule has 0 aromatic carbocycles. The van der Waals surface area contributed by atoms with E-state index in [2.05, 4.69) is 28.3 Å². The molecule has 1 aromatic rings. The summed E-state index contributed by atoms with van der Waals surface area (Å²) in [5.41, 5.74) is 1.21. The molecular formula is C18H27N3O3. The lowest BCUT2D eigenvalue weighted by molar-refractivity contribution is -0.127. The van der Waals surface area contributed by atoms with Gasteiger partial charge in [0.1, 0.15) is 6.61 Å². The van der Waals surface area contributed by atoms with E-state index in [-0.39, 0.29) is 18.6 Å². The zero-order valence-corrected chi connectivity index (χ0v) is 14.3. The van der Waals surface area contributed by atoms with Crippen LogP contribution in [0.5, 0.6) is 0 Å². The molecule has 6 heteroatoms. The summed E-state index contributed by atoms with van der Waals surface area (Å²) in [7, 11) is 2.13. The predicted octanol–water partition coefficient (Wildman–Crippen LogP) is 1.39. The lowest BCUT2D eigenvalue weighted by Gasteiger charge is -2.25. The van der Waals surface area contributed by atoms with Crippen LogP contribution in [-0.2, 0) is 14.3 Å². The van der Waals surface area contributed by atoms with Crippen molar-refractivity contribution in [2.24, 2.45) is 5.92 Å². The molecule has 2 aliphatic heterocycles. The van der Waals surface area contributed by atoms with Gasteiger partial charge in [-0.15, -0.1) is 0 Å². The number of carbonyl (C=O) groups is 1. The first kappa shape index (κ1) is 17.3. The van der Waals surface area contributed by atoms with Crippen LogP contribution in [0.25, 0.3) is 0 Å². The highest BCUT2D eigenvalue weighted by Crippen LogP contribution is 2.35. The van der Waals surface area contributed by atoms with E-state index in [1.165, 1.54) is 5.56 Å². The number of nitrogens with zero attached hydrogens (tertiary/aromatic N) is 2. The number of nitrogens with one attached hydrogen (secondary N) is 1. The zero-order chi connectivity index (χ0) is 16.8. The fraction of sp³-hybridized carbons (Fsp3) is 0.667. The van der Waals surface area contributed by atoms with E-state index in [0.29, 0.717) is 25.1 Å². The third kappa shape index (κ3) is 4.53. The molecule has 3 heterocycles. The molecule has 24 heavy (non-hydrogen) atoms. The molecule has 1 N–H and O–H groups in total. The molecule has 2 saturated heterocycles. The average Bonchev–Trinajstić information content (AvgIpc) is 3.23. The summed E-state index contributed by atoms with van der Waals surface area (Å²) < 4.78 is 11.0. The molecular weight excluding hydrogens is 306 g/mol. The fourth-order valence-corrected chi connectivity index (χ4v) is 3.67. The van der Waals surface area contributed by atoms with E-state index >= 15 is 0 Å². The summed E-state index contributed by atoms with van der Waals surface area (Å²) in [6.07, 6.45) is 7.07. The number of likely N-dealkylation sites (tertiary alicyclic amines) is 1. The van der Waals surface area contributed by atoms with Crippen molar-refractivity contribution in [1.29, 1.82) is 0 Å². The highest BCUT2D eigenvalue weighted by atomic mass is 16.5. The van der Waals surface area contributed by atoms with Crippen LogP contribution in [0.3, 0.4) is 0 Å². The van der Waals surface area contributed by atoms with Gasteiger partial charge in [0.25, 0.3) is 0 Å². The van der Waals surface area contributed by atoms with E-state index < -0.39 is 0 Å². The van der Waals surface area contributed by atoms with E-state index in [9.17, 15) is 4.79 Å². The normalized spacial score (nSPS) is 27.5. The minimum atomic E-state index is -0.0486. The molecule has 1 amide bonds. The molecule has 3 rings (SSSR count). The summed E-state index contributed by atoms with van der Waals surface area (Å²) in [5, 5.41) is 3.02. The molecule has 0 bridgehead atoms. The Labute approximate surface area is 143 Å². The Kier molecular flexibility index (Phi) is 6.18. The van der Waals surface area contributed by atoms with Crippen LogP contribution in [0.2, 0.25) is 0 Å². The number of rotatable bonds is 7. The van der Waals surface area contributed by atoms with Crippen molar-refractivity contribution in [1.82, 2.24) is 15.2 Å². The number of hydrogen-bond donors (Lipinski definition) is 1. The Balaban J connectivity index is 1.42. The van der Waals surface area contributed by atoms with Gasteiger partial charge in [-0.2, -0.15) is 0 Å². The van der Waals surface area contributed by atoms with Gasteiger partial charge < -0.3 is 14.8 Å². The first-order valence-electron chi connectivity index (χ1n) is 8.80. The summed E-state index contributed by atoms with van der Waals surface area (Å²) in [6, 6.07) is 4.39. The topological polar surface area (TPSA) is 63.7 Å². The van der Waals surface area contributed by atoms with E-state index in [1.807, 2.05) is 12.3 Å². The maximum Gasteiger partial charge on any atom is 0.246 e. The fourth-order valence-electron chi connectivity index (χ4n) is 3.67. The quantitative estimate of drug-likeness (QED) is 0.817. The molecule has 0 radical (unpaired) electrons. The predicted molar refractivity (Wildman–Crippen MR) is 90.5 cm³/mol. The van der Waals surface area contributed by atoms with Gasteiger partial charge in [0, 0.05) is 31.6 Å². The molecule has 132 valence electrons. The smallest absolute Gasteiger partial charge is 0.246 e. The number of aromatic nitrogens is 1. The van der Waals surface area contributed by atoms with Gasteiger partial charge in [0.2, 0.25) is 5.91 Å². The van der Waals surface area contributed by atoms with Crippen LogP contribution >= 0.6 is 0 Å². The third-order valence-electron chi connectivity index (χ3n) is 4.92. The van der Waals surface area contributed by atoms with Gasteiger partial charge in [-0.25, -0.2) is 0 Å². The van der Waals surface area contributed by atoms with Crippen LogP contribution in [0.15, 0.2) is 24.5 Å². The lowest BCUT2D eigenvalue weighted by atomic mass is 9.95. The van der Waals surface area contributed by atoms with Crippen molar-refractivity contribution in [3.63, 3.8) is 0 Å². The highest BCUT2D eigenvalue weighted by molar-refractivity contribution is 5.77. The molecule has 0 unspecified atom stereocenters. The zero-order valence-electron chi connectivity index (χ0n) is 14.3. The Hall–Kier alpha value is -1.50. The van der Waals surface area contributed by atoms with E-state index in [1.54, 1.807) is 6.20 Å². The van der Waals surface area contributed by atoms with Gasteiger partial charge in [-0.3, -0.25) is 14.7 Å². The molecule has 6 nitrogen and oxygen atoms in total. The molecule has 2 aliphatic rings. The second-order valence-corrected chi connectivity index (χ2v) is 6.71. The largest absolute Gasteiger partial charge is 0.376 e. The third-order valence-corrected chi connectivity index (χ3v) is 4.92. The molecule has 0 spiro atoms. The Morgan fingerprint density at radius 2 is 2.42 bits per heavy atom. The molecule has 0 saturated carbocycles. The first-order valence-corrected chi connectivity index (χ1v) is 8.80. The number of ether oxygens (including phenoxy) is 2. The van der Waals surface area contributed by atoms with Crippen LogP contribution in [-0.4, -0.2) is 61.9 Å².